The van der Waals surface area contributed by atoms with E-state index in [4.69, 9.17) is 9.47 Å². The Morgan fingerprint density at radius 2 is 1.31 bits per heavy atom. The van der Waals surface area contributed by atoms with E-state index in [-0.39, 0.29) is 18.4 Å². The lowest BCUT2D eigenvalue weighted by molar-refractivity contribution is 0.0517. The van der Waals surface area contributed by atoms with Crippen LogP contribution in [0.5, 0.6) is 0 Å². The van der Waals surface area contributed by atoms with Crippen molar-refractivity contribution in [1.29, 1.82) is 0 Å². The number of carbonyl (C=O) groups is 4. The monoisotopic (exact) mass is 529 g/mol. The van der Waals surface area contributed by atoms with Crippen LogP contribution in [0.4, 0.5) is 11.4 Å². The van der Waals surface area contributed by atoms with Crippen LogP contribution in [0.1, 0.15) is 80.4 Å². The Balaban J connectivity index is 1.52. The summed E-state index contributed by atoms with van der Waals surface area (Å²) >= 11 is 0. The van der Waals surface area contributed by atoms with E-state index in [2.05, 4.69) is 10.6 Å². The van der Waals surface area contributed by atoms with Gasteiger partial charge in [-0.15, -0.1) is 0 Å². The van der Waals surface area contributed by atoms with Gasteiger partial charge in [-0.25, -0.2) is 9.59 Å². The van der Waals surface area contributed by atoms with Gasteiger partial charge in [-0.1, -0.05) is 13.0 Å². The molecule has 0 fully saturated rings. The lowest BCUT2D eigenvalue weighted by atomic mass is 10.0. The maximum absolute atomic E-state index is 13.3. The Morgan fingerprint density at radius 3 is 1.85 bits per heavy atom. The Labute approximate surface area is 227 Å². The van der Waals surface area contributed by atoms with Crippen LogP contribution in [0, 0.1) is 0 Å². The van der Waals surface area contributed by atoms with Crippen molar-refractivity contribution < 1.29 is 28.7 Å². The highest BCUT2D eigenvalue weighted by molar-refractivity contribution is 6.07. The van der Waals surface area contributed by atoms with Crippen LogP contribution in [-0.4, -0.2) is 48.4 Å². The molecule has 0 bridgehead atoms. The van der Waals surface area contributed by atoms with Crippen molar-refractivity contribution in [1.82, 2.24) is 4.90 Å². The molecule has 2 amide bonds. The second-order valence-electron chi connectivity index (χ2n) is 8.90. The highest BCUT2D eigenvalue weighted by Crippen LogP contribution is 2.35. The number of amides is 2. The van der Waals surface area contributed by atoms with E-state index in [1.165, 1.54) is 0 Å². The van der Waals surface area contributed by atoms with Gasteiger partial charge in [-0.2, -0.15) is 0 Å². The fraction of sp³-hybridized carbons (Fsp3) is 0.267. The van der Waals surface area contributed by atoms with Gasteiger partial charge < -0.3 is 25.0 Å². The molecule has 1 atom stereocenters. The summed E-state index contributed by atoms with van der Waals surface area (Å²) in [6, 6.07) is 18.4. The molecule has 0 saturated carbocycles. The number of hydrogen-bond acceptors (Lipinski definition) is 7. The largest absolute Gasteiger partial charge is 0.462 e. The van der Waals surface area contributed by atoms with Gasteiger partial charge in [0, 0.05) is 34.6 Å². The van der Waals surface area contributed by atoms with Crippen molar-refractivity contribution in [2.45, 2.75) is 33.4 Å². The molecule has 2 N–H and O–H groups in total. The molecular formula is C30H31N3O6. The molecule has 3 aromatic rings. The number of hydrogen-bond donors (Lipinski definition) is 2. The van der Waals surface area contributed by atoms with Crippen LogP contribution < -0.4 is 10.6 Å². The quantitative estimate of drug-likeness (QED) is 0.344. The molecule has 0 radical (unpaired) electrons. The number of anilines is 2. The lowest BCUT2D eigenvalue weighted by Crippen LogP contribution is -2.32. The van der Waals surface area contributed by atoms with E-state index < -0.39 is 18.1 Å². The first-order valence-electron chi connectivity index (χ1n) is 12.9. The van der Waals surface area contributed by atoms with E-state index >= 15 is 0 Å². The summed E-state index contributed by atoms with van der Waals surface area (Å²) in [5, 5.41) is 6.19. The highest BCUT2D eigenvalue weighted by Gasteiger charge is 2.36. The number of rotatable bonds is 10. The molecule has 1 aliphatic heterocycles. The summed E-state index contributed by atoms with van der Waals surface area (Å²) in [5.41, 5.74) is 3.64. The molecule has 9 heteroatoms. The molecule has 3 aromatic carbocycles. The third-order valence-electron chi connectivity index (χ3n) is 6.23. The predicted octanol–water partition coefficient (Wildman–Crippen LogP) is 5.27. The molecule has 202 valence electrons. The molecule has 0 spiro atoms. The zero-order valence-corrected chi connectivity index (χ0v) is 22.2. The van der Waals surface area contributed by atoms with Crippen LogP contribution in [0.3, 0.4) is 0 Å². The van der Waals surface area contributed by atoms with Crippen LogP contribution >= 0.6 is 0 Å². The van der Waals surface area contributed by atoms with Crippen molar-refractivity contribution in [2.24, 2.45) is 0 Å². The van der Waals surface area contributed by atoms with E-state index in [1.807, 2.05) is 6.92 Å². The second-order valence-corrected chi connectivity index (χ2v) is 8.90. The molecule has 0 saturated heterocycles. The molecule has 9 nitrogen and oxygen atoms in total. The third-order valence-corrected chi connectivity index (χ3v) is 6.23. The Kier molecular flexibility index (Phi) is 8.60. The van der Waals surface area contributed by atoms with E-state index in [0.29, 0.717) is 41.1 Å². The number of esters is 2. The average Bonchev–Trinajstić information content (AvgIpc) is 3.19. The van der Waals surface area contributed by atoms with Crippen molar-refractivity contribution in [3.63, 3.8) is 0 Å². The van der Waals surface area contributed by atoms with E-state index in [1.54, 1.807) is 85.5 Å². The first-order chi connectivity index (χ1) is 18.9. The first-order valence-corrected chi connectivity index (χ1v) is 12.9. The minimum Gasteiger partial charge on any atom is -0.462 e. The van der Waals surface area contributed by atoms with E-state index in [9.17, 15) is 19.2 Å². The highest BCUT2D eigenvalue weighted by atomic mass is 16.5. The Bertz CT molecular complexity index is 1370. The minimum atomic E-state index is -0.428. The average molecular weight is 530 g/mol. The Morgan fingerprint density at radius 1 is 0.769 bits per heavy atom. The molecule has 39 heavy (non-hydrogen) atoms. The maximum Gasteiger partial charge on any atom is 0.338 e. The van der Waals surface area contributed by atoms with E-state index in [0.717, 1.165) is 17.7 Å². The van der Waals surface area contributed by atoms with Gasteiger partial charge in [0.15, 0.2) is 0 Å². The van der Waals surface area contributed by atoms with Crippen molar-refractivity contribution in [3.05, 3.63) is 94.5 Å². The van der Waals surface area contributed by atoms with Crippen molar-refractivity contribution in [2.75, 3.05) is 30.4 Å². The maximum atomic E-state index is 13.3. The second kappa shape index (κ2) is 12.3. The summed E-state index contributed by atoms with van der Waals surface area (Å²) in [6.45, 7) is 6.59. The van der Waals surface area contributed by atoms with Crippen molar-refractivity contribution in [3.8, 4) is 0 Å². The van der Waals surface area contributed by atoms with Gasteiger partial charge in [-0.3, -0.25) is 9.59 Å². The Hall–Kier alpha value is -4.66. The standard InChI is InChI=1S/C30H31N3O6/c1-4-17-33-26(31-22-12-7-19(8-13-22)29(36)38-5-2)24-16-11-21(18-25(24)28(33)35)27(34)32-23-14-9-20(10-15-23)30(37)39-6-3/h7-16,18,26,31H,4-6,17H2,1-3H3,(H,32,34). The summed E-state index contributed by atoms with van der Waals surface area (Å²) in [5.74, 6) is -1.36. The number of ether oxygens (including phenoxy) is 2. The number of nitrogens with zero attached hydrogens (tertiary/aromatic N) is 1. The molecule has 1 heterocycles. The van der Waals surface area contributed by atoms with Gasteiger partial charge >= 0.3 is 11.9 Å². The number of fused-ring (bicyclic) bond motifs is 1. The van der Waals surface area contributed by atoms with Gasteiger partial charge in [0.2, 0.25) is 0 Å². The van der Waals surface area contributed by atoms with Gasteiger partial charge in [-0.05, 0) is 80.9 Å². The molecule has 0 aliphatic carbocycles. The van der Waals surface area contributed by atoms with Crippen LogP contribution in [0.2, 0.25) is 0 Å². The SMILES string of the molecule is CCCN1C(=O)c2cc(C(=O)Nc3ccc(C(=O)OCC)cc3)ccc2C1Nc1ccc(C(=O)OCC)cc1. The predicted molar refractivity (Wildman–Crippen MR) is 147 cm³/mol. The summed E-state index contributed by atoms with van der Waals surface area (Å²) in [4.78, 5) is 51.9. The molecule has 4 rings (SSSR count). The fourth-order valence-corrected chi connectivity index (χ4v) is 4.37. The van der Waals surface area contributed by atoms with Crippen LogP contribution in [0.25, 0.3) is 0 Å². The number of benzene rings is 3. The molecular weight excluding hydrogens is 498 g/mol. The third kappa shape index (κ3) is 6.09. The zero-order chi connectivity index (χ0) is 27.9. The van der Waals surface area contributed by atoms with Crippen molar-refractivity contribution >= 4 is 35.1 Å². The summed E-state index contributed by atoms with van der Waals surface area (Å²) in [7, 11) is 0. The summed E-state index contributed by atoms with van der Waals surface area (Å²) in [6.07, 6.45) is 0.336. The lowest BCUT2D eigenvalue weighted by Gasteiger charge is -2.26. The molecule has 0 aromatic heterocycles. The molecule has 1 unspecified atom stereocenters. The van der Waals surface area contributed by atoms with Gasteiger partial charge in [0.05, 0.1) is 24.3 Å². The fourth-order valence-electron chi connectivity index (χ4n) is 4.37. The topological polar surface area (TPSA) is 114 Å². The first kappa shape index (κ1) is 27.4. The molecule has 1 aliphatic rings. The smallest absolute Gasteiger partial charge is 0.338 e. The number of carbonyl (C=O) groups excluding carboxylic acids is 4. The van der Waals surface area contributed by atoms with Crippen LogP contribution in [0.15, 0.2) is 66.7 Å². The van der Waals surface area contributed by atoms with Crippen LogP contribution in [-0.2, 0) is 9.47 Å². The normalized spacial score (nSPS) is 14.0. The zero-order valence-electron chi connectivity index (χ0n) is 22.2. The minimum absolute atomic E-state index is 0.166. The number of nitrogens with one attached hydrogen (secondary N) is 2. The summed E-state index contributed by atoms with van der Waals surface area (Å²) < 4.78 is 10.0. The van der Waals surface area contributed by atoms with Gasteiger partial charge in [0.25, 0.3) is 11.8 Å². The van der Waals surface area contributed by atoms with Gasteiger partial charge in [0.1, 0.15) is 6.17 Å².